The highest BCUT2D eigenvalue weighted by molar-refractivity contribution is 4.84. The van der Waals surface area contributed by atoms with Crippen LogP contribution in [0.2, 0.25) is 0 Å². The summed E-state index contributed by atoms with van der Waals surface area (Å²) in [7, 11) is 1.83. The molecule has 0 heterocycles. The number of nitrogens with one attached hydrogen (secondary N) is 1. The molecule has 0 radical (unpaired) electrons. The molecule has 2 fully saturated rings. The summed E-state index contributed by atoms with van der Waals surface area (Å²) >= 11 is 0. The van der Waals surface area contributed by atoms with Crippen molar-refractivity contribution < 1.29 is 4.74 Å². The minimum absolute atomic E-state index is 0.529. The number of hydrogen-bond donors (Lipinski definition) is 1. The fourth-order valence-corrected chi connectivity index (χ4v) is 1.99. The molecule has 0 aromatic carbocycles. The van der Waals surface area contributed by atoms with Crippen molar-refractivity contribution in [1.82, 2.24) is 5.32 Å². The lowest BCUT2D eigenvalue weighted by atomic mass is 10.2. The molecule has 0 bridgehead atoms. The maximum Gasteiger partial charge on any atom is 0.0586 e. The lowest BCUT2D eigenvalue weighted by molar-refractivity contribution is 0.107. The third kappa shape index (κ3) is 2.20. The largest absolute Gasteiger partial charge is 0.381 e. The van der Waals surface area contributed by atoms with Crippen molar-refractivity contribution in [3.05, 3.63) is 0 Å². The summed E-state index contributed by atoms with van der Waals surface area (Å²) < 4.78 is 5.32. The molecular formula is C10H19NO. The maximum absolute atomic E-state index is 5.32. The first-order chi connectivity index (χ1) is 5.88. The van der Waals surface area contributed by atoms with Gasteiger partial charge in [-0.15, -0.1) is 0 Å². The van der Waals surface area contributed by atoms with E-state index >= 15 is 0 Å². The van der Waals surface area contributed by atoms with E-state index in [9.17, 15) is 0 Å². The average Bonchev–Trinajstić information content (AvgIpc) is 2.81. The number of hydrogen-bond acceptors (Lipinski definition) is 2. The fourth-order valence-electron chi connectivity index (χ4n) is 1.99. The predicted molar refractivity (Wildman–Crippen MR) is 49.2 cm³/mol. The van der Waals surface area contributed by atoms with E-state index in [0.29, 0.717) is 6.10 Å². The van der Waals surface area contributed by atoms with Crippen molar-refractivity contribution in [2.24, 2.45) is 5.92 Å². The van der Waals surface area contributed by atoms with Gasteiger partial charge in [-0.3, -0.25) is 0 Å². The molecule has 2 heteroatoms. The van der Waals surface area contributed by atoms with Gasteiger partial charge in [0.15, 0.2) is 0 Å². The quantitative estimate of drug-likeness (QED) is 0.689. The van der Waals surface area contributed by atoms with Gasteiger partial charge >= 0.3 is 0 Å². The van der Waals surface area contributed by atoms with E-state index in [1.165, 1.54) is 38.6 Å². The van der Waals surface area contributed by atoms with Gasteiger partial charge in [-0.25, -0.2) is 0 Å². The van der Waals surface area contributed by atoms with E-state index in [4.69, 9.17) is 4.74 Å². The van der Waals surface area contributed by atoms with Crippen molar-refractivity contribution >= 4 is 0 Å². The predicted octanol–water partition coefficient (Wildman–Crippen LogP) is 1.55. The van der Waals surface area contributed by atoms with Crippen molar-refractivity contribution in [2.75, 3.05) is 13.7 Å². The molecule has 0 spiro atoms. The zero-order valence-electron chi connectivity index (χ0n) is 7.88. The van der Waals surface area contributed by atoms with Crippen LogP contribution in [0.15, 0.2) is 0 Å². The van der Waals surface area contributed by atoms with Crippen molar-refractivity contribution in [3.8, 4) is 0 Å². The average molecular weight is 169 g/mol. The third-order valence-electron chi connectivity index (χ3n) is 3.11. The van der Waals surface area contributed by atoms with Gasteiger partial charge in [0.05, 0.1) is 6.10 Å². The van der Waals surface area contributed by atoms with Crippen molar-refractivity contribution in [2.45, 2.75) is 44.2 Å². The summed E-state index contributed by atoms with van der Waals surface area (Å²) in [6, 6.07) is 0.746. The monoisotopic (exact) mass is 169 g/mol. The molecule has 2 unspecified atom stereocenters. The molecule has 0 saturated heterocycles. The van der Waals surface area contributed by atoms with Crippen LogP contribution in [0.5, 0.6) is 0 Å². The molecule has 12 heavy (non-hydrogen) atoms. The highest BCUT2D eigenvalue weighted by atomic mass is 16.5. The zero-order valence-corrected chi connectivity index (χ0v) is 7.88. The lowest BCUT2D eigenvalue weighted by Crippen LogP contribution is -2.28. The molecule has 2 aliphatic carbocycles. The first kappa shape index (κ1) is 8.52. The van der Waals surface area contributed by atoms with Crippen LogP contribution in [0, 0.1) is 5.92 Å². The number of rotatable bonds is 4. The minimum atomic E-state index is 0.529. The Morgan fingerprint density at radius 3 is 2.67 bits per heavy atom. The first-order valence-electron chi connectivity index (χ1n) is 5.14. The topological polar surface area (TPSA) is 21.3 Å². The third-order valence-corrected chi connectivity index (χ3v) is 3.11. The van der Waals surface area contributed by atoms with Gasteiger partial charge in [-0.05, 0) is 44.6 Å². The Morgan fingerprint density at radius 2 is 2.08 bits per heavy atom. The van der Waals surface area contributed by atoms with Gasteiger partial charge in [0.1, 0.15) is 0 Å². The fraction of sp³-hybridized carbons (Fsp3) is 1.00. The van der Waals surface area contributed by atoms with Crippen LogP contribution in [0.3, 0.4) is 0 Å². The maximum atomic E-state index is 5.32. The Hall–Kier alpha value is -0.0800. The molecule has 1 N–H and O–H groups in total. The zero-order chi connectivity index (χ0) is 8.39. The van der Waals surface area contributed by atoms with Gasteiger partial charge in [0, 0.05) is 13.2 Å². The smallest absolute Gasteiger partial charge is 0.0586 e. The van der Waals surface area contributed by atoms with Gasteiger partial charge in [0.2, 0.25) is 0 Å². The summed E-state index contributed by atoms with van der Waals surface area (Å²) in [6.45, 7) is 1.25. The minimum Gasteiger partial charge on any atom is -0.381 e. The molecule has 0 amide bonds. The summed E-state index contributed by atoms with van der Waals surface area (Å²) in [6.07, 6.45) is 7.22. The van der Waals surface area contributed by atoms with Crippen LogP contribution in [-0.2, 0) is 4.74 Å². The van der Waals surface area contributed by atoms with E-state index in [-0.39, 0.29) is 0 Å². The second kappa shape index (κ2) is 3.75. The Kier molecular flexibility index (Phi) is 2.66. The molecule has 70 valence electrons. The van der Waals surface area contributed by atoms with Crippen LogP contribution in [0.1, 0.15) is 32.1 Å². The molecule has 0 aliphatic heterocycles. The Labute approximate surface area is 74.7 Å². The van der Waals surface area contributed by atoms with Gasteiger partial charge < -0.3 is 10.1 Å². The summed E-state index contributed by atoms with van der Waals surface area (Å²) in [5.74, 6) is 1.01. The second-order valence-corrected chi connectivity index (χ2v) is 4.22. The molecule has 2 rings (SSSR count). The van der Waals surface area contributed by atoms with Gasteiger partial charge in [-0.2, -0.15) is 0 Å². The van der Waals surface area contributed by atoms with Crippen LogP contribution < -0.4 is 5.32 Å². The summed E-state index contributed by atoms with van der Waals surface area (Å²) in [5.41, 5.74) is 0. The van der Waals surface area contributed by atoms with Gasteiger partial charge in [-0.1, -0.05) is 0 Å². The van der Waals surface area contributed by atoms with E-state index < -0.39 is 0 Å². The molecule has 2 nitrogen and oxygen atoms in total. The van der Waals surface area contributed by atoms with Gasteiger partial charge in [0.25, 0.3) is 0 Å². The van der Waals surface area contributed by atoms with Crippen molar-refractivity contribution in [3.63, 3.8) is 0 Å². The Morgan fingerprint density at radius 1 is 1.25 bits per heavy atom. The van der Waals surface area contributed by atoms with Crippen LogP contribution in [0.4, 0.5) is 0 Å². The van der Waals surface area contributed by atoms with Crippen molar-refractivity contribution in [1.29, 1.82) is 0 Å². The number of methoxy groups -OCH3 is 1. The summed E-state index contributed by atoms with van der Waals surface area (Å²) in [4.78, 5) is 0. The number of ether oxygens (including phenoxy) is 1. The highest BCUT2D eigenvalue weighted by Crippen LogP contribution is 2.29. The second-order valence-electron chi connectivity index (χ2n) is 4.22. The van der Waals surface area contributed by atoms with E-state index in [0.717, 1.165) is 12.0 Å². The summed E-state index contributed by atoms with van der Waals surface area (Å²) in [5, 5.41) is 3.63. The van der Waals surface area contributed by atoms with Crippen LogP contribution >= 0.6 is 0 Å². The first-order valence-corrected chi connectivity index (χ1v) is 5.14. The molecule has 0 aromatic rings. The van der Waals surface area contributed by atoms with E-state index in [1.807, 2.05) is 7.11 Å². The lowest BCUT2D eigenvalue weighted by Gasteiger charge is -2.11. The van der Waals surface area contributed by atoms with Crippen LogP contribution in [0.25, 0.3) is 0 Å². The van der Waals surface area contributed by atoms with E-state index in [1.54, 1.807) is 0 Å². The Bertz CT molecular complexity index is 145. The van der Waals surface area contributed by atoms with E-state index in [2.05, 4.69) is 5.32 Å². The molecule has 0 aromatic heterocycles. The highest BCUT2D eigenvalue weighted by Gasteiger charge is 2.27. The molecule has 2 aliphatic rings. The normalized spacial score (nSPS) is 35.8. The SMILES string of the molecule is COC1CCC(NCC2CC2)C1. The molecule has 2 atom stereocenters. The standard InChI is InChI=1S/C10H19NO/c1-12-10-5-4-9(6-10)11-7-8-2-3-8/h8-11H,2-7H2,1H3. The molecule has 2 saturated carbocycles. The Balaban J connectivity index is 1.61. The van der Waals surface area contributed by atoms with Crippen LogP contribution in [-0.4, -0.2) is 25.8 Å². The molecular weight excluding hydrogens is 150 g/mol.